The van der Waals surface area contributed by atoms with E-state index in [-0.39, 0.29) is 23.7 Å². The van der Waals surface area contributed by atoms with E-state index in [1.807, 2.05) is 37.3 Å². The van der Waals surface area contributed by atoms with Gasteiger partial charge in [-0.2, -0.15) is 0 Å². The molecule has 1 atom stereocenters. The van der Waals surface area contributed by atoms with Gasteiger partial charge in [-0.05, 0) is 19.9 Å². The summed E-state index contributed by atoms with van der Waals surface area (Å²) in [6, 6.07) is 9.76. The third kappa shape index (κ3) is 3.43. The zero-order valence-corrected chi connectivity index (χ0v) is 13.2. The van der Waals surface area contributed by atoms with Crippen LogP contribution in [0.2, 0.25) is 0 Å². The van der Waals surface area contributed by atoms with Gasteiger partial charge in [0.2, 0.25) is 5.91 Å². The summed E-state index contributed by atoms with van der Waals surface area (Å²) in [6.07, 6.45) is 4.15. The highest BCUT2D eigenvalue weighted by Crippen LogP contribution is 2.26. The number of hydrogen-bond donors (Lipinski definition) is 2. The van der Waals surface area contributed by atoms with E-state index >= 15 is 0 Å². The van der Waals surface area contributed by atoms with Crippen LogP contribution in [0.25, 0.3) is 11.4 Å². The Kier molecular flexibility index (Phi) is 5.11. The van der Waals surface area contributed by atoms with E-state index in [2.05, 4.69) is 20.6 Å². The van der Waals surface area contributed by atoms with Gasteiger partial charge in [-0.15, -0.1) is 12.4 Å². The lowest BCUT2D eigenvalue weighted by Gasteiger charge is -2.21. The monoisotopic (exact) mass is 318 g/mol. The summed E-state index contributed by atoms with van der Waals surface area (Å²) in [6.45, 7) is 3.57. The molecule has 1 fully saturated rings. The second-order valence-electron chi connectivity index (χ2n) is 5.60. The number of rotatable bonds is 3. The van der Waals surface area contributed by atoms with Crippen molar-refractivity contribution in [3.05, 3.63) is 42.7 Å². The van der Waals surface area contributed by atoms with Crippen molar-refractivity contribution in [3.8, 4) is 11.4 Å². The van der Waals surface area contributed by atoms with Gasteiger partial charge >= 0.3 is 0 Å². The predicted molar refractivity (Wildman–Crippen MR) is 88.9 cm³/mol. The number of nitrogens with zero attached hydrogens (tertiary/aromatic N) is 2. The quantitative estimate of drug-likeness (QED) is 0.912. The minimum Gasteiger partial charge on any atom is -0.323 e. The van der Waals surface area contributed by atoms with Crippen LogP contribution in [0.3, 0.4) is 0 Å². The number of carbonyl (C=O) groups is 1. The van der Waals surface area contributed by atoms with Gasteiger partial charge in [0.15, 0.2) is 5.82 Å². The number of aromatic nitrogens is 2. The second kappa shape index (κ2) is 6.85. The maximum atomic E-state index is 12.3. The van der Waals surface area contributed by atoms with E-state index < -0.39 is 0 Å². The van der Waals surface area contributed by atoms with Crippen molar-refractivity contribution in [2.75, 3.05) is 18.4 Å². The van der Waals surface area contributed by atoms with Gasteiger partial charge in [0, 0.05) is 12.1 Å². The molecule has 1 aromatic heterocycles. The Morgan fingerprint density at radius 1 is 1.23 bits per heavy atom. The fourth-order valence-corrected chi connectivity index (χ4v) is 2.42. The minimum atomic E-state index is -0.349. The van der Waals surface area contributed by atoms with Crippen LogP contribution >= 0.6 is 12.4 Å². The van der Waals surface area contributed by atoms with Crippen molar-refractivity contribution in [1.29, 1.82) is 0 Å². The standard InChI is InChI=1S/C16H18N4O.ClH/c1-16(7-8-17-11-16)15(21)20-13-9-18-14(19-10-13)12-5-3-2-4-6-12;/h2-6,9-10,17H,7-8,11H2,1H3,(H,20,21);1H. The lowest BCUT2D eigenvalue weighted by Crippen LogP contribution is -2.35. The molecule has 0 aliphatic carbocycles. The summed E-state index contributed by atoms with van der Waals surface area (Å²) in [5, 5.41) is 6.12. The van der Waals surface area contributed by atoms with Crippen LogP contribution in [0.15, 0.2) is 42.7 Å². The summed E-state index contributed by atoms with van der Waals surface area (Å²) < 4.78 is 0. The average Bonchev–Trinajstić information content (AvgIpc) is 2.97. The van der Waals surface area contributed by atoms with Crippen molar-refractivity contribution in [3.63, 3.8) is 0 Å². The molecular formula is C16H19ClN4O. The zero-order valence-electron chi connectivity index (χ0n) is 12.4. The summed E-state index contributed by atoms with van der Waals surface area (Å²) in [5.74, 6) is 0.672. The third-order valence-electron chi connectivity index (χ3n) is 3.86. The Balaban J connectivity index is 0.00000176. The highest BCUT2D eigenvalue weighted by atomic mass is 35.5. The molecule has 2 N–H and O–H groups in total. The summed E-state index contributed by atoms with van der Waals surface area (Å²) in [4.78, 5) is 20.9. The normalized spacial score (nSPS) is 20.2. The first-order chi connectivity index (χ1) is 10.2. The topological polar surface area (TPSA) is 66.9 Å². The SMILES string of the molecule is CC1(C(=O)Nc2cnc(-c3ccccc3)nc2)CCNC1.Cl. The highest BCUT2D eigenvalue weighted by molar-refractivity contribution is 5.95. The van der Waals surface area contributed by atoms with Gasteiger partial charge in [0.1, 0.15) is 0 Å². The van der Waals surface area contributed by atoms with Crippen molar-refractivity contribution in [2.45, 2.75) is 13.3 Å². The van der Waals surface area contributed by atoms with Gasteiger partial charge in [0.25, 0.3) is 0 Å². The molecule has 22 heavy (non-hydrogen) atoms. The molecule has 1 saturated heterocycles. The number of carbonyl (C=O) groups excluding carboxylic acids is 1. The predicted octanol–water partition coefficient (Wildman–Crippen LogP) is 2.50. The number of benzene rings is 1. The largest absolute Gasteiger partial charge is 0.323 e. The van der Waals surface area contributed by atoms with E-state index in [0.717, 1.165) is 18.5 Å². The Morgan fingerprint density at radius 3 is 2.50 bits per heavy atom. The molecular weight excluding hydrogens is 300 g/mol. The molecule has 116 valence electrons. The Morgan fingerprint density at radius 2 is 1.91 bits per heavy atom. The second-order valence-corrected chi connectivity index (χ2v) is 5.60. The van der Waals surface area contributed by atoms with Gasteiger partial charge < -0.3 is 10.6 Å². The molecule has 3 rings (SSSR count). The summed E-state index contributed by atoms with van der Waals surface area (Å²) >= 11 is 0. The number of anilines is 1. The highest BCUT2D eigenvalue weighted by Gasteiger charge is 2.36. The van der Waals surface area contributed by atoms with Crippen LogP contribution in [0.4, 0.5) is 5.69 Å². The van der Waals surface area contributed by atoms with Gasteiger partial charge in [-0.3, -0.25) is 4.79 Å². The van der Waals surface area contributed by atoms with Crippen LogP contribution in [0, 0.1) is 5.41 Å². The van der Waals surface area contributed by atoms with Crippen LogP contribution < -0.4 is 10.6 Å². The molecule has 1 aliphatic rings. The van der Waals surface area contributed by atoms with Gasteiger partial charge in [-0.25, -0.2) is 9.97 Å². The first kappa shape index (κ1) is 16.4. The molecule has 1 unspecified atom stereocenters. The van der Waals surface area contributed by atoms with Gasteiger partial charge in [0.05, 0.1) is 23.5 Å². The van der Waals surface area contributed by atoms with Crippen LogP contribution in [0.1, 0.15) is 13.3 Å². The fraction of sp³-hybridized carbons (Fsp3) is 0.312. The van der Waals surface area contributed by atoms with E-state index in [4.69, 9.17) is 0 Å². The summed E-state index contributed by atoms with van der Waals surface area (Å²) in [5.41, 5.74) is 1.24. The molecule has 0 saturated carbocycles. The fourth-order valence-electron chi connectivity index (χ4n) is 2.42. The maximum absolute atomic E-state index is 12.3. The first-order valence-electron chi connectivity index (χ1n) is 7.07. The van der Waals surface area contributed by atoms with E-state index in [1.165, 1.54) is 0 Å². The van der Waals surface area contributed by atoms with Crippen LogP contribution in [-0.2, 0) is 4.79 Å². The van der Waals surface area contributed by atoms with Gasteiger partial charge in [-0.1, -0.05) is 30.3 Å². The first-order valence-corrected chi connectivity index (χ1v) is 7.07. The molecule has 1 amide bonds. The summed E-state index contributed by atoms with van der Waals surface area (Å²) in [7, 11) is 0. The number of amides is 1. The van der Waals surface area contributed by atoms with E-state index in [0.29, 0.717) is 18.1 Å². The van der Waals surface area contributed by atoms with Crippen molar-refractivity contribution in [2.24, 2.45) is 5.41 Å². The lowest BCUT2D eigenvalue weighted by atomic mass is 9.89. The van der Waals surface area contributed by atoms with E-state index in [1.54, 1.807) is 12.4 Å². The lowest BCUT2D eigenvalue weighted by molar-refractivity contribution is -0.123. The van der Waals surface area contributed by atoms with Crippen LogP contribution in [-0.4, -0.2) is 29.0 Å². The Hall–Kier alpha value is -1.98. The molecule has 0 bridgehead atoms. The van der Waals surface area contributed by atoms with E-state index in [9.17, 15) is 4.79 Å². The molecule has 0 spiro atoms. The minimum absolute atomic E-state index is 0. The molecule has 1 aliphatic heterocycles. The number of hydrogen-bond acceptors (Lipinski definition) is 4. The molecule has 6 heteroatoms. The molecule has 5 nitrogen and oxygen atoms in total. The number of nitrogens with one attached hydrogen (secondary N) is 2. The average molecular weight is 319 g/mol. The molecule has 1 aromatic carbocycles. The van der Waals surface area contributed by atoms with Crippen LogP contribution in [0.5, 0.6) is 0 Å². The molecule has 2 heterocycles. The Labute approximate surface area is 136 Å². The van der Waals surface area contributed by atoms with Crippen molar-refractivity contribution < 1.29 is 4.79 Å². The molecule has 0 radical (unpaired) electrons. The molecule has 2 aromatic rings. The zero-order chi connectivity index (χ0) is 14.7. The number of halogens is 1. The Bertz CT molecular complexity index is 624. The van der Waals surface area contributed by atoms with Crippen molar-refractivity contribution >= 4 is 24.0 Å². The third-order valence-corrected chi connectivity index (χ3v) is 3.86. The van der Waals surface area contributed by atoms with Crippen molar-refractivity contribution in [1.82, 2.24) is 15.3 Å². The maximum Gasteiger partial charge on any atom is 0.231 e. The smallest absolute Gasteiger partial charge is 0.231 e.